The number of nitrogens with zero attached hydrogens (tertiary/aromatic N) is 1. The average molecular weight is 251 g/mol. The SMILES string of the molecule is COc1ccc([C@H](C[N+](=O)[O-])C(C)(C)C=O)cc1. The van der Waals surface area contributed by atoms with Gasteiger partial charge in [0.1, 0.15) is 12.0 Å². The molecule has 0 amide bonds. The fourth-order valence-electron chi connectivity index (χ4n) is 1.84. The average Bonchev–Trinajstić information content (AvgIpc) is 2.36. The van der Waals surface area contributed by atoms with E-state index < -0.39 is 11.3 Å². The predicted octanol–water partition coefficient (Wildman–Crippen LogP) is 2.28. The van der Waals surface area contributed by atoms with Gasteiger partial charge in [-0.25, -0.2) is 0 Å². The van der Waals surface area contributed by atoms with Crippen LogP contribution in [0.3, 0.4) is 0 Å². The van der Waals surface area contributed by atoms with Gasteiger partial charge in [-0.1, -0.05) is 26.0 Å². The van der Waals surface area contributed by atoms with E-state index in [9.17, 15) is 14.9 Å². The summed E-state index contributed by atoms with van der Waals surface area (Å²) in [7, 11) is 1.55. The molecule has 0 aromatic heterocycles. The second kappa shape index (κ2) is 5.62. The van der Waals surface area contributed by atoms with E-state index in [-0.39, 0.29) is 11.5 Å². The molecular weight excluding hydrogens is 234 g/mol. The van der Waals surface area contributed by atoms with Crippen molar-refractivity contribution in [3.63, 3.8) is 0 Å². The molecule has 1 rings (SSSR count). The molecule has 0 bridgehead atoms. The van der Waals surface area contributed by atoms with Crippen LogP contribution in [0.2, 0.25) is 0 Å². The van der Waals surface area contributed by atoms with Crippen LogP contribution in [0.25, 0.3) is 0 Å². The summed E-state index contributed by atoms with van der Waals surface area (Å²) in [4.78, 5) is 21.4. The number of nitro groups is 1. The maximum atomic E-state index is 11.1. The van der Waals surface area contributed by atoms with E-state index in [4.69, 9.17) is 4.74 Å². The van der Waals surface area contributed by atoms with Crippen molar-refractivity contribution in [2.45, 2.75) is 19.8 Å². The second-order valence-electron chi connectivity index (χ2n) is 4.78. The zero-order chi connectivity index (χ0) is 13.8. The molecule has 1 atom stereocenters. The Balaban J connectivity index is 3.08. The van der Waals surface area contributed by atoms with Crippen LogP contribution in [0, 0.1) is 15.5 Å². The minimum Gasteiger partial charge on any atom is -0.497 e. The standard InChI is InChI=1S/C13H17NO4/c1-13(2,9-15)12(8-14(16)17)10-4-6-11(18-3)7-5-10/h4-7,9,12H,8H2,1-3H3/t12-/m0/s1. The third-order valence-corrected chi connectivity index (χ3v) is 3.05. The van der Waals surface area contributed by atoms with Crippen LogP contribution in [0.15, 0.2) is 24.3 Å². The highest BCUT2D eigenvalue weighted by Crippen LogP contribution is 2.34. The molecule has 0 fully saturated rings. The molecule has 1 aromatic carbocycles. The fraction of sp³-hybridized carbons (Fsp3) is 0.462. The molecule has 0 N–H and O–H groups in total. The second-order valence-corrected chi connectivity index (χ2v) is 4.78. The van der Waals surface area contributed by atoms with Crippen LogP contribution in [0.1, 0.15) is 25.3 Å². The Labute approximate surface area is 106 Å². The Kier molecular flexibility index (Phi) is 4.42. The Morgan fingerprint density at radius 2 is 1.94 bits per heavy atom. The molecule has 0 spiro atoms. The minimum atomic E-state index is -0.776. The van der Waals surface area contributed by atoms with Gasteiger partial charge in [-0.05, 0) is 17.7 Å². The lowest BCUT2D eigenvalue weighted by Gasteiger charge is -2.26. The molecule has 1 aromatic rings. The number of methoxy groups -OCH3 is 1. The van der Waals surface area contributed by atoms with Crippen molar-refractivity contribution in [1.29, 1.82) is 0 Å². The van der Waals surface area contributed by atoms with Gasteiger partial charge >= 0.3 is 0 Å². The van der Waals surface area contributed by atoms with Crippen molar-refractivity contribution in [1.82, 2.24) is 0 Å². The van der Waals surface area contributed by atoms with Gasteiger partial charge in [0.2, 0.25) is 6.54 Å². The van der Waals surface area contributed by atoms with Crippen LogP contribution in [-0.2, 0) is 4.79 Å². The first-order valence-corrected chi connectivity index (χ1v) is 5.63. The fourth-order valence-corrected chi connectivity index (χ4v) is 1.84. The number of hydrogen-bond acceptors (Lipinski definition) is 4. The zero-order valence-corrected chi connectivity index (χ0v) is 10.8. The van der Waals surface area contributed by atoms with E-state index in [1.807, 2.05) is 0 Å². The summed E-state index contributed by atoms with van der Waals surface area (Å²) in [5.74, 6) is 0.235. The van der Waals surface area contributed by atoms with E-state index in [1.165, 1.54) is 0 Å². The molecule has 0 aliphatic carbocycles. The lowest BCUT2D eigenvalue weighted by atomic mass is 9.76. The number of benzene rings is 1. The molecule has 5 heteroatoms. The summed E-state index contributed by atoms with van der Waals surface area (Å²) in [6.45, 7) is 3.15. The van der Waals surface area contributed by atoms with Gasteiger partial charge in [-0.15, -0.1) is 0 Å². The molecule has 98 valence electrons. The zero-order valence-electron chi connectivity index (χ0n) is 10.8. The third-order valence-electron chi connectivity index (χ3n) is 3.05. The quantitative estimate of drug-likeness (QED) is 0.442. The summed E-state index contributed by atoms with van der Waals surface area (Å²) in [5.41, 5.74) is -0.00798. The highest BCUT2D eigenvalue weighted by atomic mass is 16.6. The van der Waals surface area contributed by atoms with E-state index in [1.54, 1.807) is 45.2 Å². The Hall–Kier alpha value is -1.91. The van der Waals surface area contributed by atoms with Crippen LogP contribution < -0.4 is 4.74 Å². The van der Waals surface area contributed by atoms with Crippen LogP contribution in [0.4, 0.5) is 0 Å². The van der Waals surface area contributed by atoms with Gasteiger partial charge in [0.15, 0.2) is 0 Å². The maximum absolute atomic E-state index is 11.1. The molecule has 0 saturated heterocycles. The van der Waals surface area contributed by atoms with Gasteiger partial charge in [-0.2, -0.15) is 0 Å². The monoisotopic (exact) mass is 251 g/mol. The lowest BCUT2D eigenvalue weighted by molar-refractivity contribution is -0.485. The van der Waals surface area contributed by atoms with E-state index in [0.29, 0.717) is 5.75 Å². The summed E-state index contributed by atoms with van der Waals surface area (Å²) >= 11 is 0. The van der Waals surface area contributed by atoms with Gasteiger partial charge in [-0.3, -0.25) is 10.1 Å². The highest BCUT2D eigenvalue weighted by molar-refractivity contribution is 5.60. The number of hydrogen-bond donors (Lipinski definition) is 0. The number of aldehydes is 1. The normalized spacial score (nSPS) is 12.8. The summed E-state index contributed by atoms with van der Waals surface area (Å²) in [6.07, 6.45) is 0.769. The van der Waals surface area contributed by atoms with Crippen molar-refractivity contribution in [3.8, 4) is 5.75 Å². The molecule has 0 aliphatic rings. The molecular formula is C13H17NO4. The molecule has 0 unspecified atom stereocenters. The van der Waals surface area contributed by atoms with Crippen LogP contribution in [0.5, 0.6) is 5.75 Å². The van der Waals surface area contributed by atoms with E-state index in [2.05, 4.69) is 0 Å². The number of carbonyl (C=O) groups is 1. The van der Waals surface area contributed by atoms with E-state index >= 15 is 0 Å². The summed E-state index contributed by atoms with van der Waals surface area (Å²) in [6, 6.07) is 7.00. The smallest absolute Gasteiger partial charge is 0.211 e. The van der Waals surface area contributed by atoms with Crippen LogP contribution >= 0.6 is 0 Å². The Bertz CT molecular complexity index is 425. The number of carbonyl (C=O) groups excluding carboxylic acids is 1. The largest absolute Gasteiger partial charge is 0.497 e. The minimum absolute atomic E-state index is 0.266. The summed E-state index contributed by atoms with van der Waals surface area (Å²) < 4.78 is 5.04. The van der Waals surface area contributed by atoms with Crippen molar-refractivity contribution >= 4 is 6.29 Å². The van der Waals surface area contributed by atoms with Crippen molar-refractivity contribution in [3.05, 3.63) is 39.9 Å². The number of ether oxygens (including phenoxy) is 1. The molecule has 18 heavy (non-hydrogen) atoms. The first-order valence-electron chi connectivity index (χ1n) is 5.63. The molecule has 0 aliphatic heterocycles. The van der Waals surface area contributed by atoms with Gasteiger partial charge in [0.25, 0.3) is 0 Å². The molecule has 0 radical (unpaired) electrons. The first kappa shape index (κ1) is 14.2. The van der Waals surface area contributed by atoms with Gasteiger partial charge in [0.05, 0.1) is 13.0 Å². The summed E-state index contributed by atoms with van der Waals surface area (Å²) in [5, 5.41) is 10.7. The Morgan fingerprint density at radius 3 is 2.33 bits per heavy atom. The van der Waals surface area contributed by atoms with Gasteiger partial charge < -0.3 is 9.53 Å². The van der Waals surface area contributed by atoms with E-state index in [0.717, 1.165) is 11.8 Å². The molecule has 0 saturated carbocycles. The molecule has 5 nitrogen and oxygen atoms in total. The first-order chi connectivity index (χ1) is 8.40. The topological polar surface area (TPSA) is 69.4 Å². The maximum Gasteiger partial charge on any atom is 0.211 e. The number of rotatable bonds is 6. The van der Waals surface area contributed by atoms with Crippen LogP contribution in [-0.4, -0.2) is 24.9 Å². The Morgan fingerprint density at radius 1 is 1.39 bits per heavy atom. The van der Waals surface area contributed by atoms with Crippen molar-refractivity contribution < 1.29 is 14.5 Å². The lowest BCUT2D eigenvalue weighted by Crippen LogP contribution is -2.29. The highest BCUT2D eigenvalue weighted by Gasteiger charge is 2.34. The predicted molar refractivity (Wildman–Crippen MR) is 67.4 cm³/mol. The van der Waals surface area contributed by atoms with Crippen molar-refractivity contribution in [2.24, 2.45) is 5.41 Å². The van der Waals surface area contributed by atoms with Gasteiger partial charge in [0, 0.05) is 10.3 Å². The van der Waals surface area contributed by atoms with Crippen molar-refractivity contribution in [2.75, 3.05) is 13.7 Å². The third kappa shape index (κ3) is 3.29. The molecule has 0 heterocycles.